The summed E-state index contributed by atoms with van der Waals surface area (Å²) in [5, 5.41) is 4.42. The molecule has 1 aliphatic rings. The lowest BCUT2D eigenvalue weighted by Gasteiger charge is -2.10. The number of aromatic nitrogens is 4. The molecule has 3 rings (SSSR count). The lowest BCUT2D eigenvalue weighted by atomic mass is 10.2. The van der Waals surface area contributed by atoms with Gasteiger partial charge in [0.05, 0.1) is 11.8 Å². The number of aryl methyl sites for hydroxylation is 3. The van der Waals surface area contributed by atoms with Crippen LogP contribution in [0.4, 0.5) is 0 Å². The van der Waals surface area contributed by atoms with Crippen LogP contribution >= 0.6 is 12.2 Å². The summed E-state index contributed by atoms with van der Waals surface area (Å²) < 4.78 is 10.5. The van der Waals surface area contributed by atoms with Gasteiger partial charge in [-0.25, -0.2) is 0 Å². The smallest absolute Gasteiger partial charge is 0.179 e. The Kier molecular flexibility index (Phi) is 2.99. The van der Waals surface area contributed by atoms with Crippen molar-refractivity contribution in [3.63, 3.8) is 0 Å². The van der Waals surface area contributed by atoms with Crippen molar-refractivity contribution in [2.45, 2.75) is 38.8 Å². The lowest BCUT2D eigenvalue weighted by Crippen LogP contribution is -2.11. The molecule has 0 saturated carbocycles. The van der Waals surface area contributed by atoms with Gasteiger partial charge in [0, 0.05) is 20.2 Å². The molecule has 1 atom stereocenters. The number of ether oxygens (including phenoxy) is 1. The van der Waals surface area contributed by atoms with E-state index in [-0.39, 0.29) is 0 Å². The zero-order valence-corrected chi connectivity index (χ0v) is 11.6. The molecule has 0 spiro atoms. The molecule has 6 heteroatoms. The molecule has 0 aliphatic carbocycles. The van der Waals surface area contributed by atoms with Crippen molar-refractivity contribution in [3.05, 3.63) is 10.5 Å². The number of hydrogen-bond donors (Lipinski definition) is 1. The summed E-state index contributed by atoms with van der Waals surface area (Å²) in [6, 6.07) is 0. The third-order valence-electron chi connectivity index (χ3n) is 3.62. The van der Waals surface area contributed by atoms with E-state index in [0.717, 1.165) is 41.2 Å². The highest BCUT2D eigenvalue weighted by molar-refractivity contribution is 7.71. The molecule has 98 valence electrons. The van der Waals surface area contributed by atoms with Crippen molar-refractivity contribution in [1.82, 2.24) is 19.3 Å². The van der Waals surface area contributed by atoms with Crippen LogP contribution in [0.25, 0.3) is 11.2 Å². The minimum Gasteiger partial charge on any atom is -0.378 e. The molecule has 0 amide bonds. The van der Waals surface area contributed by atoms with Gasteiger partial charge in [-0.1, -0.05) is 0 Å². The maximum absolute atomic E-state index is 5.66. The summed E-state index contributed by atoms with van der Waals surface area (Å²) in [5.74, 6) is 0. The highest BCUT2D eigenvalue weighted by Crippen LogP contribution is 2.20. The SMILES string of the molecule is Cc1nn(C)c2c1[nH]c(=S)n2CCC1CCCO1. The van der Waals surface area contributed by atoms with Crippen LogP contribution in [-0.2, 0) is 18.3 Å². The molecule has 5 nitrogen and oxygen atoms in total. The lowest BCUT2D eigenvalue weighted by molar-refractivity contribution is 0.100. The fourth-order valence-electron chi connectivity index (χ4n) is 2.73. The number of fused-ring (bicyclic) bond motifs is 1. The van der Waals surface area contributed by atoms with Gasteiger partial charge >= 0.3 is 0 Å². The third-order valence-corrected chi connectivity index (χ3v) is 3.95. The van der Waals surface area contributed by atoms with Gasteiger partial charge in [0.2, 0.25) is 0 Å². The normalized spacial score (nSPS) is 20.0. The summed E-state index contributed by atoms with van der Waals surface area (Å²) in [6.07, 6.45) is 3.77. The first kappa shape index (κ1) is 11.9. The fourth-order valence-corrected chi connectivity index (χ4v) is 3.00. The molecule has 3 heterocycles. The van der Waals surface area contributed by atoms with Crippen molar-refractivity contribution in [2.24, 2.45) is 7.05 Å². The van der Waals surface area contributed by atoms with Crippen molar-refractivity contribution in [2.75, 3.05) is 6.61 Å². The quantitative estimate of drug-likeness (QED) is 0.867. The summed E-state index contributed by atoms with van der Waals surface area (Å²) in [5.41, 5.74) is 3.12. The minimum absolute atomic E-state index is 0.395. The highest BCUT2D eigenvalue weighted by Gasteiger charge is 2.17. The van der Waals surface area contributed by atoms with E-state index in [2.05, 4.69) is 14.6 Å². The van der Waals surface area contributed by atoms with E-state index in [4.69, 9.17) is 17.0 Å². The molecule has 2 aromatic heterocycles. The van der Waals surface area contributed by atoms with Gasteiger partial charge in [-0.15, -0.1) is 0 Å². The molecule has 2 aromatic rings. The summed E-state index contributed by atoms with van der Waals surface area (Å²) >= 11 is 5.39. The largest absolute Gasteiger partial charge is 0.378 e. The van der Waals surface area contributed by atoms with E-state index >= 15 is 0 Å². The zero-order valence-electron chi connectivity index (χ0n) is 10.8. The Hall–Kier alpha value is -1.14. The minimum atomic E-state index is 0.395. The molecular weight excluding hydrogens is 248 g/mol. The van der Waals surface area contributed by atoms with Crippen LogP contribution in [0.1, 0.15) is 25.0 Å². The van der Waals surface area contributed by atoms with Gasteiger partial charge in [-0.2, -0.15) is 5.10 Å². The molecule has 1 fully saturated rings. The third kappa shape index (κ3) is 1.89. The molecule has 0 bridgehead atoms. The Bertz CT molecular complexity index is 618. The van der Waals surface area contributed by atoms with Crippen LogP contribution in [0, 0.1) is 11.7 Å². The molecule has 0 aromatic carbocycles. The fraction of sp³-hybridized carbons (Fsp3) is 0.667. The monoisotopic (exact) mass is 266 g/mol. The van der Waals surface area contributed by atoms with E-state index in [9.17, 15) is 0 Å². The molecule has 1 aliphatic heterocycles. The van der Waals surface area contributed by atoms with Gasteiger partial charge < -0.3 is 14.3 Å². The first-order valence-corrected chi connectivity index (χ1v) is 6.81. The van der Waals surface area contributed by atoms with Crippen LogP contribution in [-0.4, -0.2) is 32.0 Å². The van der Waals surface area contributed by atoms with Crippen LogP contribution in [0.5, 0.6) is 0 Å². The zero-order chi connectivity index (χ0) is 12.7. The topological polar surface area (TPSA) is 47.8 Å². The number of nitrogens with one attached hydrogen (secondary N) is 1. The van der Waals surface area contributed by atoms with E-state index in [0.29, 0.717) is 6.10 Å². The summed E-state index contributed by atoms with van der Waals surface area (Å²) in [7, 11) is 1.96. The van der Waals surface area contributed by atoms with E-state index in [1.165, 1.54) is 12.8 Å². The number of nitrogens with zero attached hydrogens (tertiary/aromatic N) is 3. The Morgan fingerprint density at radius 2 is 2.39 bits per heavy atom. The molecule has 1 N–H and O–H groups in total. The van der Waals surface area contributed by atoms with Gasteiger partial charge in [0.25, 0.3) is 0 Å². The molecule has 0 radical (unpaired) electrons. The number of rotatable bonds is 3. The first-order chi connectivity index (χ1) is 8.66. The Morgan fingerprint density at radius 3 is 3.11 bits per heavy atom. The van der Waals surface area contributed by atoms with Crippen LogP contribution in [0.2, 0.25) is 0 Å². The first-order valence-electron chi connectivity index (χ1n) is 6.40. The van der Waals surface area contributed by atoms with Crippen molar-refractivity contribution in [3.8, 4) is 0 Å². The molecule has 1 saturated heterocycles. The van der Waals surface area contributed by atoms with Crippen LogP contribution < -0.4 is 0 Å². The van der Waals surface area contributed by atoms with Gasteiger partial charge in [0.1, 0.15) is 5.52 Å². The highest BCUT2D eigenvalue weighted by atomic mass is 32.1. The van der Waals surface area contributed by atoms with Crippen LogP contribution in [0.3, 0.4) is 0 Å². The number of H-pyrrole nitrogens is 1. The van der Waals surface area contributed by atoms with Gasteiger partial charge in [-0.3, -0.25) is 4.68 Å². The summed E-state index contributed by atoms with van der Waals surface area (Å²) in [4.78, 5) is 3.25. The molecular formula is C12H18N4OS. The Balaban J connectivity index is 1.90. The Morgan fingerprint density at radius 1 is 1.56 bits per heavy atom. The second-order valence-corrected chi connectivity index (χ2v) is 5.30. The second kappa shape index (κ2) is 4.51. The van der Waals surface area contributed by atoms with Gasteiger partial charge in [0.15, 0.2) is 10.4 Å². The maximum Gasteiger partial charge on any atom is 0.179 e. The van der Waals surface area contributed by atoms with E-state index < -0.39 is 0 Å². The standard InChI is InChI=1S/C12H18N4OS/c1-8-10-11(15(2)14-8)16(12(18)13-10)6-5-9-4-3-7-17-9/h9H,3-7H2,1-2H3,(H,13,18). The average molecular weight is 266 g/mol. The van der Waals surface area contributed by atoms with Crippen LogP contribution in [0.15, 0.2) is 0 Å². The predicted molar refractivity (Wildman–Crippen MR) is 72.2 cm³/mol. The van der Waals surface area contributed by atoms with Crippen molar-refractivity contribution in [1.29, 1.82) is 0 Å². The second-order valence-electron chi connectivity index (χ2n) is 4.91. The number of hydrogen-bond acceptors (Lipinski definition) is 3. The van der Waals surface area contributed by atoms with E-state index in [1.54, 1.807) is 0 Å². The van der Waals surface area contributed by atoms with Crippen molar-refractivity contribution < 1.29 is 4.74 Å². The van der Waals surface area contributed by atoms with E-state index in [1.807, 2.05) is 18.7 Å². The average Bonchev–Trinajstić information content (AvgIpc) is 2.98. The molecule has 1 unspecified atom stereocenters. The maximum atomic E-state index is 5.66. The molecule has 18 heavy (non-hydrogen) atoms. The Labute approximate surface area is 111 Å². The predicted octanol–water partition coefficient (Wildman–Crippen LogP) is 2.31. The van der Waals surface area contributed by atoms with Gasteiger partial charge in [-0.05, 0) is 38.4 Å². The number of aromatic amines is 1. The summed E-state index contributed by atoms with van der Waals surface area (Å²) in [6.45, 7) is 3.80. The number of imidazole rings is 1. The van der Waals surface area contributed by atoms with Crippen molar-refractivity contribution >= 4 is 23.4 Å².